The van der Waals surface area contributed by atoms with Gasteiger partial charge in [-0.15, -0.1) is 0 Å². The Bertz CT molecular complexity index is 1350. The molecule has 0 atom stereocenters. The van der Waals surface area contributed by atoms with Gasteiger partial charge in [0.1, 0.15) is 0 Å². The normalized spacial score (nSPS) is 14.7. The zero-order valence-corrected chi connectivity index (χ0v) is 19.3. The van der Waals surface area contributed by atoms with Crippen LogP contribution in [0, 0.1) is 0 Å². The van der Waals surface area contributed by atoms with E-state index in [1.54, 1.807) is 30.3 Å². The number of hydrogen-bond donors (Lipinski definition) is 2. The van der Waals surface area contributed by atoms with Crippen LogP contribution >= 0.6 is 0 Å². The van der Waals surface area contributed by atoms with Crippen LogP contribution in [0.15, 0.2) is 88.7 Å². The van der Waals surface area contributed by atoms with Crippen molar-refractivity contribution in [2.45, 2.75) is 22.6 Å². The van der Waals surface area contributed by atoms with Crippen LogP contribution in [0.2, 0.25) is 0 Å². The van der Waals surface area contributed by atoms with E-state index in [1.807, 2.05) is 0 Å². The lowest BCUT2D eigenvalue weighted by Crippen LogP contribution is -2.27. The van der Waals surface area contributed by atoms with Gasteiger partial charge in [-0.2, -0.15) is 4.31 Å². The number of hydrogen-bond acceptors (Lipinski definition) is 5. The van der Waals surface area contributed by atoms with Crippen LogP contribution < -0.4 is 10.0 Å². The largest absolute Gasteiger partial charge is 0.322 e. The first kappa shape index (κ1) is 23.0. The Labute approximate surface area is 193 Å². The quantitative estimate of drug-likeness (QED) is 0.532. The van der Waals surface area contributed by atoms with Gasteiger partial charge in [-0.1, -0.05) is 30.3 Å². The van der Waals surface area contributed by atoms with E-state index in [0.717, 1.165) is 12.8 Å². The van der Waals surface area contributed by atoms with Gasteiger partial charge in [-0.25, -0.2) is 16.8 Å². The highest BCUT2D eigenvalue weighted by molar-refractivity contribution is 7.92. The standard InChI is InChI=1S/C23H23N3O5S2/c27-23(24-18-12-14-20(15-13-18)33(30,31)26-16-6-7-17-26)21-10-4-5-11-22(21)25-32(28,29)19-8-2-1-3-9-19/h1-5,8-15,25H,6-7,16-17H2,(H,24,27). The lowest BCUT2D eigenvalue weighted by atomic mass is 10.1. The zero-order valence-electron chi connectivity index (χ0n) is 17.6. The van der Waals surface area contributed by atoms with Crippen molar-refractivity contribution in [3.63, 3.8) is 0 Å². The van der Waals surface area contributed by atoms with Gasteiger partial charge in [0.15, 0.2) is 0 Å². The molecule has 33 heavy (non-hydrogen) atoms. The number of nitrogens with one attached hydrogen (secondary N) is 2. The lowest BCUT2D eigenvalue weighted by Gasteiger charge is -2.16. The van der Waals surface area contributed by atoms with Crippen molar-refractivity contribution in [3.8, 4) is 0 Å². The third-order valence-electron chi connectivity index (χ3n) is 5.28. The predicted molar refractivity (Wildman–Crippen MR) is 126 cm³/mol. The first-order valence-electron chi connectivity index (χ1n) is 10.4. The molecule has 3 aromatic carbocycles. The monoisotopic (exact) mass is 485 g/mol. The van der Waals surface area contributed by atoms with Crippen LogP contribution in [0.5, 0.6) is 0 Å². The Kier molecular flexibility index (Phi) is 6.50. The van der Waals surface area contributed by atoms with Gasteiger partial charge in [0.2, 0.25) is 10.0 Å². The number of sulfonamides is 2. The zero-order chi connectivity index (χ0) is 23.5. The molecule has 3 aromatic rings. The topological polar surface area (TPSA) is 113 Å². The van der Waals surface area contributed by atoms with Crippen molar-refractivity contribution < 1.29 is 21.6 Å². The molecular formula is C23H23N3O5S2. The summed E-state index contributed by atoms with van der Waals surface area (Å²) in [5.41, 5.74) is 0.652. The molecule has 0 unspecified atom stereocenters. The number of para-hydroxylation sites is 1. The van der Waals surface area contributed by atoms with Gasteiger partial charge < -0.3 is 5.32 Å². The third kappa shape index (κ3) is 5.08. The molecule has 2 N–H and O–H groups in total. The first-order valence-corrected chi connectivity index (χ1v) is 13.3. The highest BCUT2D eigenvalue weighted by atomic mass is 32.2. The van der Waals surface area contributed by atoms with Gasteiger partial charge >= 0.3 is 0 Å². The molecule has 0 aliphatic carbocycles. The predicted octanol–water partition coefficient (Wildman–Crippen LogP) is 3.52. The maximum absolute atomic E-state index is 12.9. The van der Waals surface area contributed by atoms with E-state index >= 15 is 0 Å². The van der Waals surface area contributed by atoms with Crippen molar-refractivity contribution in [2.24, 2.45) is 0 Å². The Morgan fingerprint density at radius 1 is 0.727 bits per heavy atom. The smallest absolute Gasteiger partial charge is 0.261 e. The summed E-state index contributed by atoms with van der Waals surface area (Å²) < 4.78 is 54.6. The van der Waals surface area contributed by atoms with Crippen molar-refractivity contribution >= 4 is 37.3 Å². The van der Waals surface area contributed by atoms with Gasteiger partial charge in [0.05, 0.1) is 21.0 Å². The van der Waals surface area contributed by atoms with E-state index in [2.05, 4.69) is 10.0 Å². The summed E-state index contributed by atoms with van der Waals surface area (Å²) in [6.45, 7) is 1.02. The average Bonchev–Trinajstić information content (AvgIpc) is 3.36. The molecule has 4 rings (SSSR count). The Morgan fingerprint density at radius 2 is 1.33 bits per heavy atom. The van der Waals surface area contributed by atoms with E-state index in [9.17, 15) is 21.6 Å². The molecule has 8 nitrogen and oxygen atoms in total. The van der Waals surface area contributed by atoms with E-state index in [1.165, 1.54) is 52.8 Å². The van der Waals surface area contributed by atoms with Gasteiger partial charge in [-0.3, -0.25) is 9.52 Å². The summed E-state index contributed by atoms with van der Waals surface area (Å²) in [4.78, 5) is 13.1. The molecule has 0 spiro atoms. The van der Waals surface area contributed by atoms with Crippen molar-refractivity contribution in [3.05, 3.63) is 84.4 Å². The lowest BCUT2D eigenvalue weighted by molar-refractivity contribution is 0.102. The highest BCUT2D eigenvalue weighted by Gasteiger charge is 2.27. The molecule has 0 bridgehead atoms. The number of carbonyl (C=O) groups excluding carboxylic acids is 1. The summed E-state index contributed by atoms with van der Waals surface area (Å²) in [5, 5.41) is 2.69. The molecular weight excluding hydrogens is 462 g/mol. The second-order valence-electron chi connectivity index (χ2n) is 7.55. The number of nitrogens with zero attached hydrogens (tertiary/aromatic N) is 1. The number of rotatable bonds is 7. The fourth-order valence-corrected chi connectivity index (χ4v) is 6.18. The van der Waals surface area contributed by atoms with Crippen molar-refractivity contribution in [2.75, 3.05) is 23.1 Å². The molecule has 1 fully saturated rings. The van der Waals surface area contributed by atoms with E-state index in [-0.39, 0.29) is 21.0 Å². The van der Waals surface area contributed by atoms with Crippen LogP contribution in [0.25, 0.3) is 0 Å². The minimum atomic E-state index is -3.87. The van der Waals surface area contributed by atoms with E-state index in [0.29, 0.717) is 18.8 Å². The molecule has 0 aromatic heterocycles. The fourth-order valence-electron chi connectivity index (χ4n) is 3.56. The minimum Gasteiger partial charge on any atom is -0.322 e. The second-order valence-corrected chi connectivity index (χ2v) is 11.2. The van der Waals surface area contributed by atoms with Crippen LogP contribution in [0.4, 0.5) is 11.4 Å². The van der Waals surface area contributed by atoms with Crippen molar-refractivity contribution in [1.82, 2.24) is 4.31 Å². The van der Waals surface area contributed by atoms with Crippen LogP contribution in [-0.4, -0.2) is 40.1 Å². The Hall–Kier alpha value is -3.21. The highest BCUT2D eigenvalue weighted by Crippen LogP contribution is 2.24. The van der Waals surface area contributed by atoms with Gasteiger partial charge in [0, 0.05) is 18.8 Å². The maximum atomic E-state index is 12.9. The SMILES string of the molecule is O=C(Nc1ccc(S(=O)(=O)N2CCCC2)cc1)c1ccccc1NS(=O)(=O)c1ccccc1. The first-order chi connectivity index (χ1) is 15.8. The number of anilines is 2. The molecule has 1 aliphatic heterocycles. The van der Waals surface area contributed by atoms with Crippen molar-refractivity contribution in [1.29, 1.82) is 0 Å². The summed E-state index contributed by atoms with van der Waals surface area (Å²) >= 11 is 0. The summed E-state index contributed by atoms with van der Waals surface area (Å²) in [6.07, 6.45) is 1.70. The van der Waals surface area contributed by atoms with Gasteiger partial charge in [-0.05, 0) is 61.4 Å². The van der Waals surface area contributed by atoms with Gasteiger partial charge in [0.25, 0.3) is 15.9 Å². The number of amides is 1. The average molecular weight is 486 g/mol. The fraction of sp³-hybridized carbons (Fsp3) is 0.174. The third-order valence-corrected chi connectivity index (χ3v) is 8.58. The molecule has 1 aliphatic rings. The minimum absolute atomic E-state index is 0.0787. The van der Waals surface area contributed by atoms with Crippen LogP contribution in [-0.2, 0) is 20.0 Å². The molecule has 0 saturated carbocycles. The summed E-state index contributed by atoms with van der Waals surface area (Å²) in [6, 6.07) is 20.0. The molecule has 1 saturated heterocycles. The molecule has 1 heterocycles. The Morgan fingerprint density at radius 3 is 2.00 bits per heavy atom. The second kappa shape index (κ2) is 9.34. The summed E-state index contributed by atoms with van der Waals surface area (Å²) in [5.74, 6) is -0.531. The van der Waals surface area contributed by atoms with E-state index in [4.69, 9.17) is 0 Å². The number of carbonyl (C=O) groups is 1. The molecule has 10 heteroatoms. The van der Waals surface area contributed by atoms with Crippen LogP contribution in [0.1, 0.15) is 23.2 Å². The van der Waals surface area contributed by atoms with Crippen LogP contribution in [0.3, 0.4) is 0 Å². The molecule has 0 radical (unpaired) electrons. The molecule has 1 amide bonds. The Balaban J connectivity index is 1.52. The van der Waals surface area contributed by atoms with E-state index < -0.39 is 26.0 Å². The number of benzene rings is 3. The molecule has 172 valence electrons. The summed E-state index contributed by atoms with van der Waals surface area (Å²) in [7, 11) is -7.42. The maximum Gasteiger partial charge on any atom is 0.261 e.